The quantitative estimate of drug-likeness (QED) is 0.175. The van der Waals surface area contributed by atoms with Crippen LogP contribution < -0.4 is 0 Å². The lowest BCUT2D eigenvalue weighted by molar-refractivity contribution is 0.617. The first-order valence-electron chi connectivity index (χ1n) is 19.1. The fourth-order valence-electron chi connectivity index (χ4n) is 8.90. The third kappa shape index (κ3) is 5.08. The predicted molar refractivity (Wildman–Crippen MR) is 230 cm³/mol. The Morgan fingerprint density at radius 2 is 1.20 bits per heavy atom. The van der Waals surface area contributed by atoms with Crippen LogP contribution in [0.25, 0.3) is 77.4 Å². The molecule has 2 aromatic heterocycles. The van der Waals surface area contributed by atoms with Crippen molar-refractivity contribution in [2.45, 2.75) is 6.92 Å². The molecule has 0 radical (unpaired) electrons. The van der Waals surface area contributed by atoms with Crippen LogP contribution in [0.5, 0.6) is 0 Å². The molecule has 11 rings (SSSR count). The maximum absolute atomic E-state index is 6.74. The molecule has 2 aliphatic rings. The van der Waals surface area contributed by atoms with Gasteiger partial charge in [-0.05, 0) is 58.2 Å². The summed E-state index contributed by atoms with van der Waals surface area (Å²) < 4.78 is 9.12. The smallest absolute Gasteiger partial charge is 0.137 e. The van der Waals surface area contributed by atoms with Crippen LogP contribution in [0.15, 0.2) is 203 Å². The summed E-state index contributed by atoms with van der Waals surface area (Å²) in [5, 5.41) is 4.67. The van der Waals surface area contributed by atoms with Crippen LogP contribution >= 0.6 is 0 Å². The van der Waals surface area contributed by atoms with E-state index in [1.807, 2.05) is 0 Å². The van der Waals surface area contributed by atoms with Gasteiger partial charge in [0.15, 0.2) is 0 Å². The number of rotatable bonds is 5. The van der Waals surface area contributed by atoms with E-state index in [2.05, 4.69) is 200 Å². The van der Waals surface area contributed by atoms with Gasteiger partial charge in [-0.2, -0.15) is 0 Å². The van der Waals surface area contributed by atoms with Crippen molar-refractivity contribution >= 4 is 55.2 Å². The van der Waals surface area contributed by atoms with E-state index in [9.17, 15) is 0 Å². The molecule has 3 heterocycles. The van der Waals surface area contributed by atoms with Crippen molar-refractivity contribution < 1.29 is 4.42 Å². The lowest BCUT2D eigenvalue weighted by Crippen LogP contribution is -2.27. The molecule has 0 bridgehead atoms. The third-order valence-corrected chi connectivity index (χ3v) is 11.6. The van der Waals surface area contributed by atoms with Gasteiger partial charge in [0.25, 0.3) is 0 Å². The van der Waals surface area contributed by atoms with Crippen molar-refractivity contribution in [1.82, 2.24) is 4.57 Å². The molecule has 1 aliphatic carbocycles. The number of aliphatic imine (C=N–C) groups is 1. The molecule has 9 aromatic rings. The van der Waals surface area contributed by atoms with E-state index >= 15 is 0 Å². The van der Waals surface area contributed by atoms with E-state index in [4.69, 9.17) is 9.41 Å². The minimum Gasteiger partial charge on any atom is -0.456 e. The highest BCUT2D eigenvalue weighted by Gasteiger charge is 2.33. The van der Waals surface area contributed by atoms with E-state index in [0.29, 0.717) is 0 Å². The summed E-state index contributed by atoms with van der Waals surface area (Å²) in [6.45, 7) is 2.31. The number of allylic oxidation sites excluding steroid dienone is 5. The van der Waals surface area contributed by atoms with Crippen LogP contribution in [0.4, 0.5) is 0 Å². The van der Waals surface area contributed by atoms with Gasteiger partial charge in [0.2, 0.25) is 0 Å². The van der Waals surface area contributed by atoms with Crippen LogP contribution in [-0.4, -0.2) is 10.3 Å². The summed E-state index contributed by atoms with van der Waals surface area (Å²) in [5.74, 6) is 0.396. The Kier molecular flexibility index (Phi) is 7.21. The monoisotopic (exact) mass is 704 g/mol. The summed E-state index contributed by atoms with van der Waals surface area (Å²) in [6, 6.07) is 58.6. The number of para-hydroxylation sites is 1. The van der Waals surface area contributed by atoms with Crippen molar-refractivity contribution in [1.29, 1.82) is 0 Å². The molecule has 260 valence electrons. The average molecular weight is 705 g/mol. The highest BCUT2D eigenvalue weighted by molar-refractivity contribution is 6.21. The fraction of sp³-hybridized carbons (Fsp3) is 0.0577. The van der Waals surface area contributed by atoms with Crippen molar-refractivity contribution in [3.05, 3.63) is 205 Å². The van der Waals surface area contributed by atoms with Crippen LogP contribution in [-0.2, 0) is 0 Å². The average Bonchev–Trinajstić information content (AvgIpc) is 3.80. The lowest BCUT2D eigenvalue weighted by atomic mass is 9.75. The van der Waals surface area contributed by atoms with Gasteiger partial charge < -0.3 is 8.98 Å². The normalized spacial score (nSPS) is 16.7. The van der Waals surface area contributed by atoms with Gasteiger partial charge >= 0.3 is 0 Å². The van der Waals surface area contributed by atoms with Gasteiger partial charge in [-0.25, -0.2) is 0 Å². The maximum Gasteiger partial charge on any atom is 0.137 e. The van der Waals surface area contributed by atoms with Gasteiger partial charge in [0.05, 0.1) is 22.4 Å². The molecule has 0 fully saturated rings. The Morgan fingerprint density at radius 3 is 2.02 bits per heavy atom. The molecule has 1 unspecified atom stereocenters. The highest BCUT2D eigenvalue weighted by atomic mass is 16.3. The minimum absolute atomic E-state index is 0.176. The van der Waals surface area contributed by atoms with Crippen LogP contribution in [0.3, 0.4) is 0 Å². The molecule has 3 heteroatoms. The molecule has 0 N–H and O–H groups in total. The summed E-state index contributed by atoms with van der Waals surface area (Å²) in [6.07, 6.45) is 8.89. The van der Waals surface area contributed by atoms with Crippen molar-refractivity contribution in [3.8, 4) is 27.9 Å². The Hall–Kier alpha value is -6.97. The third-order valence-electron chi connectivity index (χ3n) is 11.6. The van der Waals surface area contributed by atoms with Crippen LogP contribution in [0, 0.1) is 11.8 Å². The zero-order valence-corrected chi connectivity index (χ0v) is 30.4. The first kappa shape index (κ1) is 31.5. The molecule has 1 aliphatic heterocycles. The standard InChI is InChI=1S/C52H36N2O/c1-33-40-17-8-9-19-43(40)52(37-25-23-36(24-26-37)34-13-4-2-5-14-34)53-51(33)45-20-12-22-48-50(45)44-30-28-39(32-49(44)55-48)54-46-21-11-10-18-41(46)42-29-27-38(31-47(42)54)35-15-6-3-7-16-35/h2-33,40H,1H3/t33-,40?/m1/s1. The highest BCUT2D eigenvalue weighted by Crippen LogP contribution is 2.43. The van der Waals surface area contributed by atoms with E-state index in [-0.39, 0.29) is 11.8 Å². The second-order valence-corrected chi connectivity index (χ2v) is 14.7. The largest absolute Gasteiger partial charge is 0.456 e. The fourth-order valence-corrected chi connectivity index (χ4v) is 8.90. The molecule has 2 atom stereocenters. The second-order valence-electron chi connectivity index (χ2n) is 14.7. The first-order chi connectivity index (χ1) is 27.2. The van der Waals surface area contributed by atoms with E-state index < -0.39 is 0 Å². The molecule has 0 amide bonds. The SMILES string of the molecule is C[C@H]1C(c2cccc3oc4cc(-n5c6ccccc6c6ccc(-c7ccccc7)cc65)ccc4c23)=NC(c2ccc(-c3ccccc3)cc2)=C2C=CC=CC21. The number of nitrogens with zero attached hydrogens (tertiary/aromatic N) is 2. The Morgan fingerprint density at radius 1 is 0.527 bits per heavy atom. The number of benzene rings is 7. The molecular weight excluding hydrogens is 669 g/mol. The number of fused-ring (bicyclic) bond motifs is 7. The van der Waals surface area contributed by atoms with Gasteiger partial charge in [0.1, 0.15) is 11.2 Å². The maximum atomic E-state index is 6.74. The molecule has 0 saturated heterocycles. The zero-order valence-electron chi connectivity index (χ0n) is 30.4. The number of furan rings is 1. The van der Waals surface area contributed by atoms with Crippen molar-refractivity contribution in [2.75, 3.05) is 0 Å². The molecule has 0 spiro atoms. The van der Waals surface area contributed by atoms with Gasteiger partial charge in [-0.1, -0.05) is 159 Å². The van der Waals surface area contributed by atoms with Crippen molar-refractivity contribution in [3.63, 3.8) is 0 Å². The Bertz CT molecular complexity index is 3080. The Balaban J connectivity index is 1.06. The van der Waals surface area contributed by atoms with E-state index in [1.54, 1.807) is 0 Å². The zero-order chi connectivity index (χ0) is 36.5. The van der Waals surface area contributed by atoms with E-state index in [0.717, 1.165) is 50.2 Å². The van der Waals surface area contributed by atoms with Gasteiger partial charge in [-0.3, -0.25) is 4.99 Å². The van der Waals surface area contributed by atoms with Crippen LogP contribution in [0.1, 0.15) is 18.1 Å². The van der Waals surface area contributed by atoms with Gasteiger partial charge in [-0.15, -0.1) is 0 Å². The molecule has 55 heavy (non-hydrogen) atoms. The first-order valence-corrected chi connectivity index (χ1v) is 19.1. The van der Waals surface area contributed by atoms with Crippen LogP contribution in [0.2, 0.25) is 0 Å². The molecular formula is C52H36N2O. The molecule has 7 aromatic carbocycles. The molecule has 0 saturated carbocycles. The second kappa shape index (κ2) is 12.6. The van der Waals surface area contributed by atoms with Crippen molar-refractivity contribution in [2.24, 2.45) is 16.8 Å². The molecule has 3 nitrogen and oxygen atoms in total. The number of hydrogen-bond acceptors (Lipinski definition) is 2. The van der Waals surface area contributed by atoms with Gasteiger partial charge in [0, 0.05) is 56.3 Å². The lowest BCUT2D eigenvalue weighted by Gasteiger charge is -2.32. The van der Waals surface area contributed by atoms with E-state index in [1.165, 1.54) is 49.6 Å². The predicted octanol–water partition coefficient (Wildman–Crippen LogP) is 13.6. The summed E-state index contributed by atoms with van der Waals surface area (Å²) in [4.78, 5) is 5.55. The summed E-state index contributed by atoms with van der Waals surface area (Å²) >= 11 is 0. The number of aromatic nitrogens is 1. The Labute approximate surface area is 319 Å². The summed E-state index contributed by atoms with van der Waals surface area (Å²) in [7, 11) is 0. The summed E-state index contributed by atoms with van der Waals surface area (Å²) in [5.41, 5.74) is 15.6. The minimum atomic E-state index is 0.176. The topological polar surface area (TPSA) is 30.4 Å². The number of hydrogen-bond donors (Lipinski definition) is 0.